The van der Waals surface area contributed by atoms with E-state index in [1.54, 1.807) is 0 Å². The van der Waals surface area contributed by atoms with Gasteiger partial charge in [-0.25, -0.2) is 8.42 Å². The number of hydrogen-bond donors (Lipinski definition) is 1. The van der Waals surface area contributed by atoms with Gasteiger partial charge < -0.3 is 5.32 Å². The van der Waals surface area contributed by atoms with Crippen molar-refractivity contribution < 1.29 is 13.2 Å². The van der Waals surface area contributed by atoms with Crippen LogP contribution in [0, 0.1) is 11.8 Å². The molecule has 20 heavy (non-hydrogen) atoms. The molecule has 1 aliphatic carbocycles. The number of nitrogens with one attached hydrogen (secondary N) is 1. The third-order valence-corrected chi connectivity index (χ3v) is 5.65. The molecule has 0 spiro atoms. The average Bonchev–Trinajstić information content (AvgIpc) is 2.33. The first kappa shape index (κ1) is 17.5. The summed E-state index contributed by atoms with van der Waals surface area (Å²) in [7, 11) is -3.25. The van der Waals surface area contributed by atoms with Gasteiger partial charge in [0.05, 0.1) is 5.75 Å². The predicted molar refractivity (Wildman–Crippen MR) is 82.3 cm³/mol. The molecule has 0 aliphatic heterocycles. The Labute approximate surface area is 123 Å². The Balaban J connectivity index is 2.13. The molecule has 1 aliphatic rings. The summed E-state index contributed by atoms with van der Waals surface area (Å²) in [5.74, 6) is 0.246. The maximum Gasteiger partial charge on any atom is 0.235 e. The first-order valence-corrected chi connectivity index (χ1v) is 9.68. The molecule has 118 valence electrons. The lowest BCUT2D eigenvalue weighted by Gasteiger charge is -2.21. The summed E-state index contributed by atoms with van der Waals surface area (Å²) in [6.07, 6.45) is 8.78. The van der Waals surface area contributed by atoms with E-state index in [0.717, 1.165) is 18.8 Å². The monoisotopic (exact) mass is 303 g/mol. The van der Waals surface area contributed by atoms with Crippen molar-refractivity contribution in [3.05, 3.63) is 0 Å². The van der Waals surface area contributed by atoms with Crippen LogP contribution in [0.2, 0.25) is 0 Å². The van der Waals surface area contributed by atoms with Crippen molar-refractivity contribution in [2.45, 2.75) is 58.8 Å². The summed E-state index contributed by atoms with van der Waals surface area (Å²) in [6, 6.07) is 0. The highest BCUT2D eigenvalue weighted by atomic mass is 32.2. The van der Waals surface area contributed by atoms with Crippen molar-refractivity contribution in [1.29, 1.82) is 0 Å². The summed E-state index contributed by atoms with van der Waals surface area (Å²) in [6.45, 7) is 4.30. The van der Waals surface area contributed by atoms with Gasteiger partial charge >= 0.3 is 0 Å². The summed E-state index contributed by atoms with van der Waals surface area (Å²) < 4.78 is 23.3. The van der Waals surface area contributed by atoms with Crippen LogP contribution in [-0.4, -0.2) is 32.4 Å². The van der Waals surface area contributed by atoms with Gasteiger partial charge in [0.1, 0.15) is 5.75 Å². The summed E-state index contributed by atoms with van der Waals surface area (Å²) in [5, 5.41) is 2.73. The topological polar surface area (TPSA) is 63.2 Å². The van der Waals surface area contributed by atoms with Crippen LogP contribution >= 0.6 is 0 Å². The predicted octanol–water partition coefficient (Wildman–Crippen LogP) is 2.53. The Kier molecular flexibility index (Phi) is 7.56. The van der Waals surface area contributed by atoms with Crippen LogP contribution in [0.3, 0.4) is 0 Å². The van der Waals surface area contributed by atoms with Gasteiger partial charge in [0.15, 0.2) is 9.84 Å². The zero-order chi connectivity index (χ0) is 15.0. The van der Waals surface area contributed by atoms with Gasteiger partial charge in [0, 0.05) is 6.54 Å². The maximum absolute atomic E-state index is 11.7. The van der Waals surface area contributed by atoms with Crippen LogP contribution in [0.4, 0.5) is 0 Å². The van der Waals surface area contributed by atoms with Gasteiger partial charge in [-0.3, -0.25) is 4.79 Å². The molecule has 5 heteroatoms. The van der Waals surface area contributed by atoms with Crippen LogP contribution in [0.15, 0.2) is 0 Å². The maximum atomic E-state index is 11.7. The lowest BCUT2D eigenvalue weighted by atomic mass is 9.86. The summed E-state index contributed by atoms with van der Waals surface area (Å²) in [4.78, 5) is 11.6. The van der Waals surface area contributed by atoms with Gasteiger partial charge in [-0.15, -0.1) is 0 Å². The molecule has 0 saturated heterocycles. The van der Waals surface area contributed by atoms with Crippen molar-refractivity contribution >= 4 is 15.7 Å². The first-order valence-electron chi connectivity index (χ1n) is 7.86. The summed E-state index contributed by atoms with van der Waals surface area (Å²) in [5.41, 5.74) is 0. The lowest BCUT2D eigenvalue weighted by molar-refractivity contribution is -0.118. The largest absolute Gasteiger partial charge is 0.355 e. The zero-order valence-corrected chi connectivity index (χ0v) is 13.7. The average molecular weight is 303 g/mol. The number of rotatable bonds is 8. The van der Waals surface area contributed by atoms with E-state index in [4.69, 9.17) is 0 Å². The minimum absolute atomic E-state index is 0.0686. The van der Waals surface area contributed by atoms with Crippen LogP contribution in [0.5, 0.6) is 0 Å². The molecule has 0 unspecified atom stereocenters. The fourth-order valence-electron chi connectivity index (χ4n) is 2.91. The third kappa shape index (κ3) is 7.88. The second-order valence-electron chi connectivity index (χ2n) is 6.44. The number of carbonyl (C=O) groups excluding carboxylic acids is 1. The van der Waals surface area contributed by atoms with E-state index in [9.17, 15) is 13.2 Å². The van der Waals surface area contributed by atoms with Crippen LogP contribution < -0.4 is 5.32 Å². The van der Waals surface area contributed by atoms with Crippen molar-refractivity contribution in [3.8, 4) is 0 Å². The fraction of sp³-hybridized carbons (Fsp3) is 0.933. The number of sulfone groups is 1. The van der Waals surface area contributed by atoms with E-state index < -0.39 is 9.84 Å². The molecule has 0 aromatic rings. The Bertz CT molecular complexity index is 384. The minimum Gasteiger partial charge on any atom is -0.355 e. The highest BCUT2D eigenvalue weighted by Crippen LogP contribution is 2.26. The van der Waals surface area contributed by atoms with Crippen LogP contribution in [0.1, 0.15) is 58.8 Å². The molecule has 1 saturated carbocycles. The molecule has 0 bridgehead atoms. The molecular formula is C15H29NO3S. The van der Waals surface area contributed by atoms with Crippen molar-refractivity contribution in [1.82, 2.24) is 5.32 Å². The second kappa shape index (κ2) is 8.65. The molecule has 4 nitrogen and oxygen atoms in total. The Morgan fingerprint density at radius 2 is 1.85 bits per heavy atom. The van der Waals surface area contributed by atoms with E-state index in [2.05, 4.69) is 5.32 Å². The molecule has 0 aromatic heterocycles. The SMILES string of the molecule is CC(C)CS(=O)(=O)CC(=O)NCCCC1CCCCC1. The van der Waals surface area contributed by atoms with Gasteiger partial charge in [-0.05, 0) is 24.7 Å². The second-order valence-corrected chi connectivity index (χ2v) is 8.55. The molecule has 1 N–H and O–H groups in total. The molecule has 0 heterocycles. The third-order valence-electron chi connectivity index (χ3n) is 3.77. The minimum atomic E-state index is -3.25. The van der Waals surface area contributed by atoms with Crippen molar-refractivity contribution in [3.63, 3.8) is 0 Å². The van der Waals surface area contributed by atoms with Crippen molar-refractivity contribution in [2.75, 3.05) is 18.1 Å². The number of amides is 1. The van der Waals surface area contributed by atoms with E-state index >= 15 is 0 Å². The fourth-order valence-corrected chi connectivity index (χ4v) is 4.55. The standard InChI is InChI=1S/C15H29NO3S/c1-13(2)11-20(18,19)12-15(17)16-10-6-9-14-7-4-3-5-8-14/h13-14H,3-12H2,1-2H3,(H,16,17). The normalized spacial score (nSPS) is 17.4. The molecule has 0 aromatic carbocycles. The smallest absolute Gasteiger partial charge is 0.235 e. The highest BCUT2D eigenvalue weighted by molar-refractivity contribution is 7.92. The van der Waals surface area contributed by atoms with Crippen LogP contribution in [0.25, 0.3) is 0 Å². The number of hydrogen-bond acceptors (Lipinski definition) is 3. The molecule has 1 fully saturated rings. The molecule has 0 atom stereocenters. The first-order chi connectivity index (χ1) is 9.39. The molecule has 1 amide bonds. The highest BCUT2D eigenvalue weighted by Gasteiger charge is 2.18. The van der Waals surface area contributed by atoms with Crippen LogP contribution in [-0.2, 0) is 14.6 Å². The number of carbonyl (C=O) groups is 1. The van der Waals surface area contributed by atoms with E-state index in [-0.39, 0.29) is 23.3 Å². The van der Waals surface area contributed by atoms with Gasteiger partial charge in [-0.2, -0.15) is 0 Å². The van der Waals surface area contributed by atoms with E-state index in [1.165, 1.54) is 32.1 Å². The zero-order valence-electron chi connectivity index (χ0n) is 12.9. The lowest BCUT2D eigenvalue weighted by Crippen LogP contribution is -2.32. The van der Waals surface area contributed by atoms with Gasteiger partial charge in [0.25, 0.3) is 0 Å². The molecular weight excluding hydrogens is 274 g/mol. The van der Waals surface area contributed by atoms with Gasteiger partial charge in [-0.1, -0.05) is 46.0 Å². The summed E-state index contributed by atoms with van der Waals surface area (Å²) >= 11 is 0. The van der Waals surface area contributed by atoms with Gasteiger partial charge in [0.2, 0.25) is 5.91 Å². The quantitative estimate of drug-likeness (QED) is 0.701. The molecule has 0 radical (unpaired) electrons. The van der Waals surface area contributed by atoms with E-state index in [1.807, 2.05) is 13.8 Å². The Morgan fingerprint density at radius 3 is 2.45 bits per heavy atom. The Morgan fingerprint density at radius 1 is 1.20 bits per heavy atom. The Hall–Kier alpha value is -0.580. The van der Waals surface area contributed by atoms with E-state index in [0.29, 0.717) is 6.54 Å². The van der Waals surface area contributed by atoms with Crippen molar-refractivity contribution in [2.24, 2.45) is 11.8 Å². The molecule has 1 rings (SSSR count).